The molecule has 2 nitrogen and oxygen atoms in total. The van der Waals surface area contributed by atoms with Crippen LogP contribution in [-0.2, 0) is 6.42 Å². The summed E-state index contributed by atoms with van der Waals surface area (Å²) in [4.78, 5) is 0. The molecule has 0 bridgehead atoms. The number of benzene rings is 1. The fourth-order valence-electron chi connectivity index (χ4n) is 1.08. The van der Waals surface area contributed by atoms with Crippen LogP contribution in [0.4, 0.5) is 0 Å². The van der Waals surface area contributed by atoms with E-state index in [-0.39, 0.29) is 6.61 Å². The van der Waals surface area contributed by atoms with E-state index in [4.69, 9.17) is 5.11 Å². The minimum absolute atomic E-state index is 0.217. The predicted octanol–water partition coefficient (Wildman–Crippen LogP) is 1.27. The van der Waals surface area contributed by atoms with E-state index in [1.807, 2.05) is 24.3 Å². The topological polar surface area (TPSA) is 40.5 Å². The second-order valence-electron chi connectivity index (χ2n) is 2.79. The van der Waals surface area contributed by atoms with Gasteiger partial charge in [-0.25, -0.2) is 0 Å². The summed E-state index contributed by atoms with van der Waals surface area (Å²) < 4.78 is 0. The predicted molar refractivity (Wildman–Crippen MR) is 47.9 cm³/mol. The van der Waals surface area contributed by atoms with Crippen LogP contribution >= 0.6 is 0 Å². The molecule has 2 heteroatoms. The summed E-state index contributed by atoms with van der Waals surface area (Å²) in [5.74, 6) is 0. The zero-order chi connectivity index (χ0) is 8.97. The van der Waals surface area contributed by atoms with E-state index >= 15 is 0 Å². The standard InChI is InChI=1S/C10H14O2/c1-2-8-3-5-9(6-4-8)10(12)7-11/h3-6,10-12H,2,7H2,1H3. The molecule has 0 aliphatic carbocycles. The first-order valence-corrected chi connectivity index (χ1v) is 4.15. The largest absolute Gasteiger partial charge is 0.393 e. The zero-order valence-electron chi connectivity index (χ0n) is 7.20. The van der Waals surface area contributed by atoms with Crippen molar-refractivity contribution in [2.45, 2.75) is 19.4 Å². The van der Waals surface area contributed by atoms with Crippen LogP contribution in [0.25, 0.3) is 0 Å². The normalized spacial score (nSPS) is 12.9. The highest BCUT2D eigenvalue weighted by atomic mass is 16.3. The molecule has 0 aliphatic rings. The summed E-state index contributed by atoms with van der Waals surface area (Å²) in [6.45, 7) is 1.86. The summed E-state index contributed by atoms with van der Waals surface area (Å²) in [5, 5.41) is 17.9. The lowest BCUT2D eigenvalue weighted by Crippen LogP contribution is -2.01. The first-order chi connectivity index (χ1) is 5.77. The van der Waals surface area contributed by atoms with Gasteiger partial charge in [0.2, 0.25) is 0 Å². The molecule has 0 saturated carbocycles. The van der Waals surface area contributed by atoms with Crippen molar-refractivity contribution in [3.05, 3.63) is 35.4 Å². The number of hydrogen-bond acceptors (Lipinski definition) is 2. The molecular weight excluding hydrogens is 152 g/mol. The molecule has 0 amide bonds. The molecule has 0 aliphatic heterocycles. The smallest absolute Gasteiger partial charge is 0.102 e. The number of aryl methyl sites for hydroxylation is 1. The first kappa shape index (κ1) is 9.23. The van der Waals surface area contributed by atoms with Crippen LogP contribution in [0.1, 0.15) is 24.2 Å². The van der Waals surface area contributed by atoms with E-state index in [1.54, 1.807) is 0 Å². The Bertz CT molecular complexity index is 228. The van der Waals surface area contributed by atoms with Gasteiger partial charge >= 0.3 is 0 Å². The second kappa shape index (κ2) is 4.24. The maximum atomic E-state index is 9.24. The number of aliphatic hydroxyl groups excluding tert-OH is 2. The molecule has 0 fully saturated rings. The monoisotopic (exact) mass is 166 g/mol. The molecule has 1 aromatic rings. The quantitative estimate of drug-likeness (QED) is 0.710. The molecule has 0 radical (unpaired) electrons. The fraction of sp³-hybridized carbons (Fsp3) is 0.400. The summed E-state index contributed by atoms with van der Waals surface area (Å²) >= 11 is 0. The molecule has 1 rings (SSSR count). The third kappa shape index (κ3) is 2.06. The molecule has 0 saturated heterocycles. The third-order valence-corrected chi connectivity index (χ3v) is 1.95. The molecule has 66 valence electrons. The Kier molecular flexibility index (Phi) is 3.26. The lowest BCUT2D eigenvalue weighted by molar-refractivity contribution is 0.0956. The Labute approximate surface area is 72.5 Å². The van der Waals surface area contributed by atoms with Gasteiger partial charge in [-0.05, 0) is 17.5 Å². The van der Waals surface area contributed by atoms with Gasteiger partial charge in [0, 0.05) is 0 Å². The maximum absolute atomic E-state index is 9.24. The number of rotatable bonds is 3. The van der Waals surface area contributed by atoms with Gasteiger partial charge in [0.25, 0.3) is 0 Å². The molecule has 12 heavy (non-hydrogen) atoms. The Balaban J connectivity index is 2.77. The highest BCUT2D eigenvalue weighted by Gasteiger charge is 2.03. The summed E-state index contributed by atoms with van der Waals surface area (Å²) in [5.41, 5.74) is 2.01. The Morgan fingerprint density at radius 2 is 1.83 bits per heavy atom. The van der Waals surface area contributed by atoms with Crippen molar-refractivity contribution in [2.24, 2.45) is 0 Å². The van der Waals surface area contributed by atoms with Crippen LogP contribution < -0.4 is 0 Å². The molecule has 1 unspecified atom stereocenters. The van der Waals surface area contributed by atoms with Crippen molar-refractivity contribution in [3.8, 4) is 0 Å². The van der Waals surface area contributed by atoms with Crippen LogP contribution in [0.2, 0.25) is 0 Å². The summed E-state index contributed by atoms with van der Waals surface area (Å²) in [6, 6.07) is 7.63. The van der Waals surface area contributed by atoms with E-state index in [0.29, 0.717) is 0 Å². The lowest BCUT2D eigenvalue weighted by atomic mass is 10.1. The van der Waals surface area contributed by atoms with E-state index in [2.05, 4.69) is 6.92 Å². The van der Waals surface area contributed by atoms with Crippen LogP contribution in [-0.4, -0.2) is 16.8 Å². The van der Waals surface area contributed by atoms with Crippen LogP contribution in [0, 0.1) is 0 Å². The third-order valence-electron chi connectivity index (χ3n) is 1.95. The first-order valence-electron chi connectivity index (χ1n) is 4.15. The highest BCUT2D eigenvalue weighted by Crippen LogP contribution is 2.12. The highest BCUT2D eigenvalue weighted by molar-refractivity contribution is 5.23. The van der Waals surface area contributed by atoms with Crippen LogP contribution in [0.15, 0.2) is 24.3 Å². The fourth-order valence-corrected chi connectivity index (χ4v) is 1.08. The van der Waals surface area contributed by atoms with E-state index in [9.17, 15) is 5.11 Å². The average Bonchev–Trinajstić information content (AvgIpc) is 2.17. The molecule has 0 spiro atoms. The average molecular weight is 166 g/mol. The molecule has 0 aromatic heterocycles. The Morgan fingerprint density at radius 3 is 2.25 bits per heavy atom. The lowest BCUT2D eigenvalue weighted by Gasteiger charge is -2.07. The van der Waals surface area contributed by atoms with E-state index < -0.39 is 6.10 Å². The van der Waals surface area contributed by atoms with Crippen molar-refractivity contribution < 1.29 is 10.2 Å². The minimum Gasteiger partial charge on any atom is -0.393 e. The van der Waals surface area contributed by atoms with Gasteiger partial charge in [-0.1, -0.05) is 31.2 Å². The van der Waals surface area contributed by atoms with Crippen molar-refractivity contribution in [1.29, 1.82) is 0 Å². The zero-order valence-corrected chi connectivity index (χ0v) is 7.20. The van der Waals surface area contributed by atoms with Crippen LogP contribution in [0.3, 0.4) is 0 Å². The number of hydrogen-bond donors (Lipinski definition) is 2. The summed E-state index contributed by atoms with van der Waals surface area (Å²) in [6.07, 6.45) is 0.256. The van der Waals surface area contributed by atoms with Crippen molar-refractivity contribution >= 4 is 0 Å². The van der Waals surface area contributed by atoms with Crippen LogP contribution in [0.5, 0.6) is 0 Å². The minimum atomic E-state index is -0.740. The van der Waals surface area contributed by atoms with Gasteiger partial charge in [0.05, 0.1) is 6.61 Å². The summed E-state index contributed by atoms with van der Waals surface area (Å²) in [7, 11) is 0. The van der Waals surface area contributed by atoms with Gasteiger partial charge < -0.3 is 10.2 Å². The molecule has 1 atom stereocenters. The molecular formula is C10H14O2. The van der Waals surface area contributed by atoms with Gasteiger partial charge in [0.15, 0.2) is 0 Å². The Hall–Kier alpha value is -0.860. The molecule has 1 aromatic carbocycles. The van der Waals surface area contributed by atoms with Gasteiger partial charge in [-0.2, -0.15) is 0 Å². The van der Waals surface area contributed by atoms with Crippen molar-refractivity contribution in [2.75, 3.05) is 6.61 Å². The van der Waals surface area contributed by atoms with Gasteiger partial charge in [-0.15, -0.1) is 0 Å². The van der Waals surface area contributed by atoms with Crippen molar-refractivity contribution in [3.63, 3.8) is 0 Å². The molecule has 2 N–H and O–H groups in total. The SMILES string of the molecule is CCc1ccc(C(O)CO)cc1. The van der Waals surface area contributed by atoms with Gasteiger partial charge in [0.1, 0.15) is 6.10 Å². The van der Waals surface area contributed by atoms with Crippen molar-refractivity contribution in [1.82, 2.24) is 0 Å². The number of aliphatic hydroxyl groups is 2. The maximum Gasteiger partial charge on any atom is 0.102 e. The Morgan fingerprint density at radius 1 is 1.25 bits per heavy atom. The van der Waals surface area contributed by atoms with Gasteiger partial charge in [-0.3, -0.25) is 0 Å². The molecule has 0 heterocycles. The second-order valence-corrected chi connectivity index (χ2v) is 2.79. The van der Waals surface area contributed by atoms with E-state index in [1.165, 1.54) is 5.56 Å². The van der Waals surface area contributed by atoms with E-state index in [0.717, 1.165) is 12.0 Å².